The summed E-state index contributed by atoms with van der Waals surface area (Å²) in [4.78, 5) is 17.2. The van der Waals surface area contributed by atoms with E-state index >= 15 is 0 Å². The van der Waals surface area contributed by atoms with Gasteiger partial charge in [-0.15, -0.1) is 0 Å². The van der Waals surface area contributed by atoms with Crippen LogP contribution < -0.4 is 9.54 Å². The predicted molar refractivity (Wildman–Crippen MR) is 130 cm³/mol. The average Bonchev–Trinajstić information content (AvgIpc) is 3.44. The Kier molecular flexibility index (Phi) is 7.30. The van der Waals surface area contributed by atoms with Crippen LogP contribution in [0.5, 0.6) is 5.75 Å². The van der Waals surface area contributed by atoms with Gasteiger partial charge in [0.2, 0.25) is 0 Å². The Labute approximate surface area is 193 Å². The van der Waals surface area contributed by atoms with E-state index in [0.717, 1.165) is 33.8 Å². The van der Waals surface area contributed by atoms with Gasteiger partial charge in [0.15, 0.2) is 4.80 Å². The van der Waals surface area contributed by atoms with E-state index in [-0.39, 0.29) is 5.97 Å². The highest BCUT2D eigenvalue weighted by atomic mass is 32.1. The molecule has 1 fully saturated rings. The lowest BCUT2D eigenvalue weighted by Gasteiger charge is -2.16. The number of fused-ring (bicyclic) bond motifs is 1. The first-order chi connectivity index (χ1) is 15.6. The van der Waals surface area contributed by atoms with E-state index in [4.69, 9.17) is 9.47 Å². The van der Waals surface area contributed by atoms with Crippen molar-refractivity contribution < 1.29 is 14.3 Å². The number of esters is 1. The summed E-state index contributed by atoms with van der Waals surface area (Å²) < 4.78 is 14.8. The van der Waals surface area contributed by atoms with Crippen molar-refractivity contribution in [1.29, 1.82) is 0 Å². The molecule has 0 atom stereocenters. The lowest BCUT2D eigenvalue weighted by molar-refractivity contribution is -0.143. The first-order valence-corrected chi connectivity index (χ1v) is 12.3. The van der Waals surface area contributed by atoms with Gasteiger partial charge < -0.3 is 14.0 Å². The predicted octanol–water partition coefficient (Wildman–Crippen LogP) is 5.50. The minimum atomic E-state index is -0.154. The molecule has 1 heterocycles. The molecule has 0 unspecified atom stereocenters. The van der Waals surface area contributed by atoms with Gasteiger partial charge in [-0.2, -0.15) is 0 Å². The zero-order valence-electron chi connectivity index (χ0n) is 19.2. The molecule has 1 aromatic heterocycles. The van der Waals surface area contributed by atoms with Crippen LogP contribution in [0.4, 0.5) is 0 Å². The topological polar surface area (TPSA) is 52.8 Å². The van der Waals surface area contributed by atoms with E-state index in [1.165, 1.54) is 35.9 Å². The molecule has 3 aromatic rings. The van der Waals surface area contributed by atoms with Gasteiger partial charge in [-0.25, -0.2) is 0 Å². The van der Waals surface area contributed by atoms with Crippen LogP contribution in [0.3, 0.4) is 0 Å². The minimum Gasteiger partial charge on any atom is -0.493 e. The van der Waals surface area contributed by atoms with E-state index in [0.29, 0.717) is 25.4 Å². The molecular weight excluding hydrogens is 420 g/mol. The maximum absolute atomic E-state index is 11.8. The second-order valence-electron chi connectivity index (χ2n) is 8.45. The van der Waals surface area contributed by atoms with Crippen LogP contribution in [-0.2, 0) is 23.0 Å². The monoisotopic (exact) mass is 452 g/mol. The second-order valence-corrected chi connectivity index (χ2v) is 9.46. The third-order valence-electron chi connectivity index (χ3n) is 6.23. The largest absolute Gasteiger partial charge is 0.493 e. The molecule has 1 aliphatic carbocycles. The fourth-order valence-corrected chi connectivity index (χ4v) is 5.47. The molecule has 1 aliphatic rings. The molecule has 0 spiro atoms. The molecule has 4 rings (SSSR count). The second kappa shape index (κ2) is 10.3. The summed E-state index contributed by atoms with van der Waals surface area (Å²) in [6.45, 7) is 3.02. The molecule has 0 radical (unpaired) electrons. The first kappa shape index (κ1) is 22.6. The quantitative estimate of drug-likeness (QED) is 0.424. The van der Waals surface area contributed by atoms with E-state index in [9.17, 15) is 4.79 Å². The highest BCUT2D eigenvalue weighted by Gasteiger charge is 2.17. The fourth-order valence-electron chi connectivity index (χ4n) is 4.45. The Bertz CT molecular complexity index is 1160. The summed E-state index contributed by atoms with van der Waals surface area (Å²) in [6.07, 6.45) is 6.18. The van der Waals surface area contributed by atoms with Crippen LogP contribution in [0.25, 0.3) is 21.3 Å². The first-order valence-electron chi connectivity index (χ1n) is 11.5. The van der Waals surface area contributed by atoms with Crippen molar-refractivity contribution in [2.75, 3.05) is 20.3 Å². The van der Waals surface area contributed by atoms with Gasteiger partial charge in [-0.3, -0.25) is 9.79 Å². The maximum atomic E-state index is 11.8. The SMILES string of the molecule is CCOC(=O)CCc1ccc(OCC2CCCC2)c(-c2ccc3c(c2)s/c(=N/C)n3C)c1. The van der Waals surface area contributed by atoms with E-state index in [2.05, 4.69) is 46.0 Å². The standard InChI is InChI=1S/C26H32N2O3S/c1-4-30-25(29)14-10-18-9-13-23(31-17-19-7-5-6-8-19)21(15-18)20-11-12-22-24(16-20)32-26(27-2)28(22)3/h9,11-13,15-16,19H,4-8,10,14,17H2,1-3H3/b27-26+. The average molecular weight is 453 g/mol. The molecule has 1 saturated carbocycles. The zero-order chi connectivity index (χ0) is 22.5. The van der Waals surface area contributed by atoms with Gasteiger partial charge in [0, 0.05) is 26.1 Å². The summed E-state index contributed by atoms with van der Waals surface area (Å²) in [6, 6.07) is 12.8. The van der Waals surface area contributed by atoms with Gasteiger partial charge in [-0.1, -0.05) is 36.3 Å². The number of ether oxygens (including phenoxy) is 2. The Morgan fingerprint density at radius 3 is 2.75 bits per heavy atom. The minimum absolute atomic E-state index is 0.154. The number of benzene rings is 2. The molecule has 6 heteroatoms. The summed E-state index contributed by atoms with van der Waals surface area (Å²) in [5.74, 6) is 1.41. The zero-order valence-corrected chi connectivity index (χ0v) is 20.0. The van der Waals surface area contributed by atoms with Crippen molar-refractivity contribution in [3.8, 4) is 16.9 Å². The van der Waals surface area contributed by atoms with Crippen molar-refractivity contribution in [3.63, 3.8) is 0 Å². The van der Waals surface area contributed by atoms with Gasteiger partial charge in [0.25, 0.3) is 0 Å². The maximum Gasteiger partial charge on any atom is 0.306 e. The number of carbonyl (C=O) groups excluding carboxylic acids is 1. The number of hydrogen-bond acceptors (Lipinski definition) is 5. The Hall–Kier alpha value is -2.60. The van der Waals surface area contributed by atoms with Gasteiger partial charge in [0.05, 0.1) is 23.4 Å². The Morgan fingerprint density at radius 2 is 2.00 bits per heavy atom. The third-order valence-corrected chi connectivity index (χ3v) is 7.41. The lowest BCUT2D eigenvalue weighted by atomic mass is 9.99. The molecule has 0 aliphatic heterocycles. The number of carbonyl (C=O) groups is 1. The number of thiazole rings is 1. The van der Waals surface area contributed by atoms with Crippen LogP contribution >= 0.6 is 11.3 Å². The molecule has 32 heavy (non-hydrogen) atoms. The number of aryl methyl sites for hydroxylation is 2. The summed E-state index contributed by atoms with van der Waals surface area (Å²) >= 11 is 1.69. The van der Waals surface area contributed by atoms with Gasteiger partial charge >= 0.3 is 5.97 Å². The van der Waals surface area contributed by atoms with Gasteiger partial charge in [0.1, 0.15) is 5.75 Å². The van der Waals surface area contributed by atoms with Crippen molar-refractivity contribution in [3.05, 3.63) is 46.8 Å². The van der Waals surface area contributed by atoms with Crippen LogP contribution in [0, 0.1) is 5.92 Å². The van der Waals surface area contributed by atoms with Crippen LogP contribution in [0.15, 0.2) is 41.4 Å². The Morgan fingerprint density at radius 1 is 1.19 bits per heavy atom. The fraction of sp³-hybridized carbons (Fsp3) is 0.462. The Balaban J connectivity index is 1.66. The summed E-state index contributed by atoms with van der Waals surface area (Å²) in [7, 11) is 3.88. The molecular formula is C26H32N2O3S. The van der Waals surface area contributed by atoms with Crippen LogP contribution in [0.1, 0.15) is 44.6 Å². The highest BCUT2D eigenvalue weighted by Crippen LogP contribution is 2.35. The van der Waals surface area contributed by atoms with Crippen molar-refractivity contribution in [1.82, 2.24) is 4.57 Å². The van der Waals surface area contributed by atoms with Crippen molar-refractivity contribution >= 4 is 27.5 Å². The van der Waals surface area contributed by atoms with Gasteiger partial charge in [-0.05, 0) is 67.5 Å². The summed E-state index contributed by atoms with van der Waals surface area (Å²) in [5, 5.41) is 0. The summed E-state index contributed by atoms with van der Waals surface area (Å²) in [5.41, 5.74) is 4.49. The molecule has 0 amide bonds. The molecule has 0 saturated heterocycles. The molecule has 170 valence electrons. The van der Waals surface area contributed by atoms with E-state index in [1.54, 1.807) is 11.3 Å². The van der Waals surface area contributed by atoms with Crippen molar-refractivity contribution in [2.45, 2.75) is 45.4 Å². The number of rotatable bonds is 8. The van der Waals surface area contributed by atoms with Crippen molar-refractivity contribution in [2.24, 2.45) is 18.0 Å². The number of aromatic nitrogens is 1. The normalized spacial score (nSPS) is 14.9. The third kappa shape index (κ3) is 5.07. The number of hydrogen-bond donors (Lipinski definition) is 0. The smallest absolute Gasteiger partial charge is 0.306 e. The molecule has 0 bridgehead atoms. The van der Waals surface area contributed by atoms with Crippen LogP contribution in [0.2, 0.25) is 0 Å². The lowest BCUT2D eigenvalue weighted by Crippen LogP contribution is -2.09. The number of nitrogens with zero attached hydrogens (tertiary/aromatic N) is 2. The van der Waals surface area contributed by atoms with E-state index in [1.807, 2.05) is 21.0 Å². The highest BCUT2D eigenvalue weighted by molar-refractivity contribution is 7.16. The molecule has 0 N–H and O–H groups in total. The van der Waals surface area contributed by atoms with Crippen LogP contribution in [-0.4, -0.2) is 30.8 Å². The van der Waals surface area contributed by atoms with E-state index < -0.39 is 0 Å². The molecule has 5 nitrogen and oxygen atoms in total. The molecule has 2 aromatic carbocycles.